The minimum Gasteiger partial charge on any atom is -0.481 e. The number of esters is 1. The van der Waals surface area contributed by atoms with Gasteiger partial charge in [-0.3, -0.25) is 14.4 Å². The van der Waals surface area contributed by atoms with Crippen molar-refractivity contribution in [3.8, 4) is 0 Å². The lowest BCUT2D eigenvalue weighted by molar-refractivity contribution is -0.261. The molecular formula is C37H58O10. The zero-order chi connectivity index (χ0) is 35.3. The van der Waals surface area contributed by atoms with Gasteiger partial charge in [-0.05, 0) is 111 Å². The highest BCUT2D eigenvalue weighted by Crippen LogP contribution is 2.74. The van der Waals surface area contributed by atoms with Crippen LogP contribution in [0.15, 0.2) is 24.3 Å². The average Bonchev–Trinajstić information content (AvgIpc) is 3.49. The second-order valence-corrected chi connectivity index (χ2v) is 16.2. The van der Waals surface area contributed by atoms with E-state index in [1.165, 1.54) is 6.92 Å². The number of fused-ring (bicyclic) bond motifs is 3. The van der Waals surface area contributed by atoms with E-state index in [-0.39, 0.29) is 71.6 Å². The summed E-state index contributed by atoms with van der Waals surface area (Å²) < 4.78 is 17.6. The smallest absolute Gasteiger partial charge is 0.303 e. The predicted molar refractivity (Wildman–Crippen MR) is 175 cm³/mol. The number of carboxylic acids is 1. The third-order valence-corrected chi connectivity index (χ3v) is 13.4. The van der Waals surface area contributed by atoms with Crippen LogP contribution < -0.4 is 0 Å². The maximum atomic E-state index is 12.9. The molecule has 1 heterocycles. The molecule has 0 aromatic carbocycles. The van der Waals surface area contributed by atoms with Crippen molar-refractivity contribution >= 4 is 17.7 Å². The van der Waals surface area contributed by atoms with Gasteiger partial charge in [-0.25, -0.2) is 0 Å². The van der Waals surface area contributed by atoms with Crippen LogP contribution in [0.4, 0.5) is 0 Å². The second-order valence-electron chi connectivity index (χ2n) is 16.2. The van der Waals surface area contributed by atoms with Crippen molar-refractivity contribution in [3.05, 3.63) is 24.3 Å². The van der Waals surface area contributed by atoms with Crippen LogP contribution in [0.1, 0.15) is 106 Å². The monoisotopic (exact) mass is 662 g/mol. The molecule has 10 nitrogen and oxygen atoms in total. The first kappa shape index (κ1) is 37.7. The van der Waals surface area contributed by atoms with Gasteiger partial charge in [-0.1, -0.05) is 39.5 Å². The van der Waals surface area contributed by atoms with Gasteiger partial charge in [0.2, 0.25) is 0 Å². The molecular weight excluding hydrogens is 604 g/mol. The first-order valence-corrected chi connectivity index (χ1v) is 17.3. The van der Waals surface area contributed by atoms with Crippen molar-refractivity contribution < 1.29 is 49.0 Å². The van der Waals surface area contributed by atoms with E-state index in [2.05, 4.69) is 33.9 Å². The van der Waals surface area contributed by atoms with Gasteiger partial charge in [0.15, 0.2) is 12.1 Å². The van der Waals surface area contributed by atoms with Crippen molar-refractivity contribution in [2.75, 3.05) is 6.61 Å². The van der Waals surface area contributed by atoms with Gasteiger partial charge < -0.3 is 34.6 Å². The van der Waals surface area contributed by atoms with Gasteiger partial charge in [0, 0.05) is 19.8 Å². The predicted octanol–water partition coefficient (Wildman–Crippen LogP) is 4.97. The molecule has 4 aliphatic rings. The summed E-state index contributed by atoms with van der Waals surface area (Å²) in [7, 11) is 0. The number of allylic oxidation sites excluding steroid dienone is 2. The first-order chi connectivity index (χ1) is 21.7. The van der Waals surface area contributed by atoms with Crippen LogP contribution >= 0.6 is 0 Å². The Morgan fingerprint density at radius 2 is 1.60 bits per heavy atom. The molecule has 1 saturated heterocycles. The number of aliphatic carboxylic acids is 1. The van der Waals surface area contributed by atoms with Gasteiger partial charge in [0.1, 0.15) is 24.9 Å². The van der Waals surface area contributed by atoms with Crippen LogP contribution in [-0.2, 0) is 28.6 Å². The maximum Gasteiger partial charge on any atom is 0.303 e. The quantitative estimate of drug-likeness (QED) is 0.120. The summed E-state index contributed by atoms with van der Waals surface area (Å²) in [5, 5.41) is 43.6. The van der Waals surface area contributed by atoms with Gasteiger partial charge in [0.25, 0.3) is 0 Å². The molecule has 0 amide bonds. The molecule has 0 spiro atoms. The van der Waals surface area contributed by atoms with Crippen LogP contribution in [-0.4, -0.2) is 81.1 Å². The molecule has 0 aromatic heterocycles. The fourth-order valence-corrected chi connectivity index (χ4v) is 10.7. The van der Waals surface area contributed by atoms with Crippen molar-refractivity contribution in [2.45, 2.75) is 143 Å². The number of rotatable bonds is 13. The van der Waals surface area contributed by atoms with E-state index < -0.39 is 48.2 Å². The van der Waals surface area contributed by atoms with Crippen LogP contribution in [0.2, 0.25) is 0 Å². The minimum absolute atomic E-state index is 0.0579. The number of carboxylic acid groups (broad SMARTS) is 1. The molecule has 4 fully saturated rings. The molecule has 4 N–H and O–H groups in total. The molecule has 1 unspecified atom stereocenters. The molecule has 0 radical (unpaired) electrons. The van der Waals surface area contributed by atoms with Crippen molar-refractivity contribution in [1.29, 1.82) is 0 Å². The zero-order valence-electron chi connectivity index (χ0n) is 29.4. The zero-order valence-corrected chi connectivity index (χ0v) is 29.4. The van der Waals surface area contributed by atoms with Crippen LogP contribution in [0, 0.1) is 39.9 Å². The molecule has 3 saturated carbocycles. The van der Waals surface area contributed by atoms with E-state index in [4.69, 9.17) is 14.2 Å². The molecule has 0 bridgehead atoms. The van der Waals surface area contributed by atoms with E-state index in [1.807, 2.05) is 13.8 Å². The van der Waals surface area contributed by atoms with Crippen LogP contribution in [0.3, 0.4) is 0 Å². The maximum absolute atomic E-state index is 12.9. The van der Waals surface area contributed by atoms with Crippen molar-refractivity contribution in [3.63, 3.8) is 0 Å². The van der Waals surface area contributed by atoms with Gasteiger partial charge >= 0.3 is 11.9 Å². The van der Waals surface area contributed by atoms with Gasteiger partial charge in [0.05, 0.1) is 11.7 Å². The van der Waals surface area contributed by atoms with Gasteiger partial charge in [-0.2, -0.15) is 0 Å². The first-order valence-electron chi connectivity index (χ1n) is 17.3. The summed E-state index contributed by atoms with van der Waals surface area (Å²) in [5.41, 5.74) is -0.457. The fraction of sp³-hybridized carbons (Fsp3) is 0.811. The summed E-state index contributed by atoms with van der Waals surface area (Å²) in [6.45, 7) is 21.5. The fourth-order valence-electron chi connectivity index (χ4n) is 10.7. The molecule has 3 aliphatic carbocycles. The highest BCUT2D eigenvalue weighted by molar-refractivity contribution is 5.94. The number of carbonyl (C=O) groups excluding carboxylic acids is 2. The topological polar surface area (TPSA) is 160 Å². The summed E-state index contributed by atoms with van der Waals surface area (Å²) in [5.74, 6) is -1.68. The molecule has 4 rings (SSSR count). The summed E-state index contributed by atoms with van der Waals surface area (Å²) >= 11 is 0. The lowest BCUT2D eigenvalue weighted by Crippen LogP contribution is -2.64. The minimum atomic E-state index is -1.41. The van der Waals surface area contributed by atoms with Crippen LogP contribution in [0.5, 0.6) is 0 Å². The number of hydrogen-bond acceptors (Lipinski definition) is 9. The SMILES string of the molecule is C=C(C)C(=O)CC[C@](C)(O[C@@H]1O[C@@H](COC(C)=O)[C@H](O)[C@H]1O)[C@H]1CC[C@]2(C)[C@@H]1[C@H](O)CC1[C@@](C)(CCC(=O)O)[C@H](C(=C)C)CC[C@]12C. The largest absolute Gasteiger partial charge is 0.481 e. The van der Waals surface area contributed by atoms with Gasteiger partial charge in [-0.15, -0.1) is 0 Å². The number of carbonyl (C=O) groups is 3. The Morgan fingerprint density at radius 3 is 2.17 bits per heavy atom. The average molecular weight is 663 g/mol. The normalized spacial score (nSPS) is 42.6. The lowest BCUT2D eigenvalue weighted by atomic mass is 9.37. The lowest BCUT2D eigenvalue weighted by Gasteiger charge is -2.67. The van der Waals surface area contributed by atoms with E-state index >= 15 is 0 Å². The van der Waals surface area contributed by atoms with E-state index in [0.29, 0.717) is 24.8 Å². The summed E-state index contributed by atoms with van der Waals surface area (Å²) in [6, 6.07) is 0. The third kappa shape index (κ3) is 6.74. The molecule has 47 heavy (non-hydrogen) atoms. The Hall–Kier alpha value is -2.11. The van der Waals surface area contributed by atoms with Crippen molar-refractivity contribution in [1.82, 2.24) is 0 Å². The van der Waals surface area contributed by atoms with Crippen LogP contribution in [0.25, 0.3) is 0 Å². The standard InChI is InChI=1S/C37H58O10/c1-20(2)23-10-15-35(7)28(34(23,6)14-13-29(41)42)18-26(40)30-24(11-16-36(30,35)8)37(9,17-12-25(39)21(3)4)47-33-32(44)31(43)27(46-33)19-45-22(5)38/h23-24,26-28,30-33,40,43-44H,1,3,10-19H2,2,4-9H3,(H,41,42)/t23-,24-,26+,27-,28?,30-,31-,32+,33-,34-,35+,36+,37-/m0/s1. The Kier molecular flexibility index (Phi) is 11.0. The van der Waals surface area contributed by atoms with E-state index in [0.717, 1.165) is 24.8 Å². The Labute approximate surface area is 279 Å². The number of aliphatic hydroxyl groups excluding tert-OH is 3. The molecule has 0 aromatic rings. The van der Waals surface area contributed by atoms with Crippen molar-refractivity contribution in [2.24, 2.45) is 39.9 Å². The number of hydrogen-bond donors (Lipinski definition) is 4. The number of ketones is 1. The van der Waals surface area contributed by atoms with E-state index in [9.17, 15) is 34.8 Å². The Balaban J connectivity index is 1.70. The molecule has 266 valence electrons. The Bertz CT molecular complexity index is 1250. The molecule has 13 atom stereocenters. The number of Topliss-reactive ketones (excluding diaryl/α,β-unsaturated/α-hetero) is 1. The van der Waals surface area contributed by atoms with E-state index in [1.54, 1.807) is 6.92 Å². The Morgan fingerprint density at radius 1 is 0.957 bits per heavy atom. The third-order valence-electron chi connectivity index (χ3n) is 13.4. The summed E-state index contributed by atoms with van der Waals surface area (Å²) in [4.78, 5) is 36.1. The summed E-state index contributed by atoms with van der Waals surface area (Å²) in [6.07, 6.45) is -0.854. The number of aliphatic hydroxyl groups is 3. The number of ether oxygens (including phenoxy) is 3. The second kappa shape index (κ2) is 13.7. The highest BCUT2D eigenvalue weighted by Gasteiger charge is 2.70. The molecule has 10 heteroatoms. The molecule has 1 aliphatic heterocycles. The highest BCUT2D eigenvalue weighted by atomic mass is 16.7.